The van der Waals surface area contributed by atoms with Gasteiger partial charge in [0.05, 0.1) is 0 Å². The number of rotatable bonds is 5. The van der Waals surface area contributed by atoms with Crippen molar-refractivity contribution < 1.29 is 5.11 Å². The molecule has 1 atom stereocenters. The van der Waals surface area contributed by atoms with Crippen LogP contribution in [0.5, 0.6) is 5.75 Å². The van der Waals surface area contributed by atoms with Gasteiger partial charge in [0, 0.05) is 18.8 Å². The Kier molecular flexibility index (Phi) is 4.67. The molecule has 106 valence electrons. The summed E-state index contributed by atoms with van der Waals surface area (Å²) in [5.74, 6) is 0.332. The molecule has 1 unspecified atom stereocenters. The molecule has 0 amide bonds. The Hall–Kier alpha value is -1.96. The van der Waals surface area contributed by atoms with Gasteiger partial charge in [-0.15, -0.1) is 0 Å². The van der Waals surface area contributed by atoms with Gasteiger partial charge in [-0.2, -0.15) is 0 Å². The van der Waals surface area contributed by atoms with Crippen molar-refractivity contribution in [3.05, 3.63) is 59.7 Å². The Morgan fingerprint density at radius 2 is 1.60 bits per heavy atom. The van der Waals surface area contributed by atoms with Crippen LogP contribution in [0.25, 0.3) is 0 Å². The molecule has 2 rings (SSSR count). The first-order chi connectivity index (χ1) is 9.56. The number of nitrogens with zero attached hydrogens (tertiary/aromatic N) is 1. The van der Waals surface area contributed by atoms with Gasteiger partial charge in [-0.3, -0.25) is 0 Å². The summed E-state index contributed by atoms with van der Waals surface area (Å²) in [6.45, 7) is 4.36. The maximum absolute atomic E-state index is 9.29. The maximum Gasteiger partial charge on any atom is 0.115 e. The van der Waals surface area contributed by atoms with Crippen molar-refractivity contribution in [2.24, 2.45) is 0 Å². The lowest BCUT2D eigenvalue weighted by Crippen LogP contribution is -2.29. The van der Waals surface area contributed by atoms with Gasteiger partial charge < -0.3 is 10.0 Å². The second kappa shape index (κ2) is 6.47. The SMILES string of the molecule is Cc1ccc(N(C)C(C)CCc2ccc(O)cc2)cc1. The highest BCUT2D eigenvalue weighted by Gasteiger charge is 2.10. The van der Waals surface area contributed by atoms with Gasteiger partial charge in [0.2, 0.25) is 0 Å². The molecular formula is C18H23NO. The van der Waals surface area contributed by atoms with Gasteiger partial charge in [0.15, 0.2) is 0 Å². The highest BCUT2D eigenvalue weighted by molar-refractivity contribution is 5.47. The molecule has 1 N–H and O–H groups in total. The van der Waals surface area contributed by atoms with E-state index >= 15 is 0 Å². The summed E-state index contributed by atoms with van der Waals surface area (Å²) < 4.78 is 0. The molecule has 0 aliphatic carbocycles. The van der Waals surface area contributed by atoms with Crippen LogP contribution in [0.15, 0.2) is 48.5 Å². The van der Waals surface area contributed by atoms with Crippen molar-refractivity contribution in [1.29, 1.82) is 0 Å². The minimum Gasteiger partial charge on any atom is -0.508 e. The number of phenolic OH excluding ortho intramolecular Hbond substituents is 1. The van der Waals surface area contributed by atoms with Crippen LogP contribution in [0.2, 0.25) is 0 Å². The first-order valence-electron chi connectivity index (χ1n) is 7.13. The molecule has 0 saturated heterocycles. The van der Waals surface area contributed by atoms with Crippen LogP contribution in [0.1, 0.15) is 24.5 Å². The van der Waals surface area contributed by atoms with Gasteiger partial charge in [-0.25, -0.2) is 0 Å². The Morgan fingerprint density at radius 3 is 2.20 bits per heavy atom. The van der Waals surface area contributed by atoms with E-state index in [1.165, 1.54) is 16.8 Å². The van der Waals surface area contributed by atoms with Crippen molar-refractivity contribution >= 4 is 5.69 Å². The molecule has 0 heterocycles. The lowest BCUT2D eigenvalue weighted by Gasteiger charge is -2.27. The zero-order chi connectivity index (χ0) is 14.5. The van der Waals surface area contributed by atoms with Crippen molar-refractivity contribution in [2.45, 2.75) is 32.7 Å². The minimum atomic E-state index is 0.332. The highest BCUT2D eigenvalue weighted by atomic mass is 16.3. The number of aromatic hydroxyl groups is 1. The van der Waals surface area contributed by atoms with Crippen LogP contribution >= 0.6 is 0 Å². The normalized spacial score (nSPS) is 12.2. The van der Waals surface area contributed by atoms with E-state index in [-0.39, 0.29) is 0 Å². The smallest absolute Gasteiger partial charge is 0.115 e. The number of phenols is 1. The summed E-state index contributed by atoms with van der Waals surface area (Å²) >= 11 is 0. The third-order valence-electron chi connectivity index (χ3n) is 3.89. The summed E-state index contributed by atoms with van der Waals surface area (Å²) in [5.41, 5.74) is 3.82. The van der Waals surface area contributed by atoms with Crippen LogP contribution in [-0.2, 0) is 6.42 Å². The zero-order valence-electron chi connectivity index (χ0n) is 12.5. The molecule has 0 radical (unpaired) electrons. The fourth-order valence-corrected chi connectivity index (χ4v) is 2.27. The van der Waals surface area contributed by atoms with Crippen LogP contribution in [0.4, 0.5) is 5.69 Å². The zero-order valence-corrected chi connectivity index (χ0v) is 12.5. The molecule has 0 fully saturated rings. The Balaban J connectivity index is 1.92. The van der Waals surface area contributed by atoms with Gasteiger partial charge in [0.25, 0.3) is 0 Å². The van der Waals surface area contributed by atoms with Crippen LogP contribution in [0.3, 0.4) is 0 Å². The van der Waals surface area contributed by atoms with E-state index < -0.39 is 0 Å². The number of aryl methyl sites for hydroxylation is 2. The van der Waals surface area contributed by atoms with Gasteiger partial charge >= 0.3 is 0 Å². The molecule has 2 aromatic carbocycles. The molecule has 0 spiro atoms. The Morgan fingerprint density at radius 1 is 1.00 bits per heavy atom. The molecule has 20 heavy (non-hydrogen) atoms. The molecule has 0 aliphatic rings. The monoisotopic (exact) mass is 269 g/mol. The fraction of sp³-hybridized carbons (Fsp3) is 0.333. The summed E-state index contributed by atoms with van der Waals surface area (Å²) in [5, 5.41) is 9.29. The van der Waals surface area contributed by atoms with E-state index in [1.807, 2.05) is 12.1 Å². The largest absolute Gasteiger partial charge is 0.508 e. The minimum absolute atomic E-state index is 0.332. The second-order valence-electron chi connectivity index (χ2n) is 5.50. The molecule has 0 aliphatic heterocycles. The van der Waals surface area contributed by atoms with Crippen molar-refractivity contribution in [3.8, 4) is 5.75 Å². The summed E-state index contributed by atoms with van der Waals surface area (Å²) in [6, 6.07) is 16.6. The van der Waals surface area contributed by atoms with E-state index in [0.717, 1.165) is 12.8 Å². The first kappa shape index (κ1) is 14.4. The van der Waals surface area contributed by atoms with E-state index in [0.29, 0.717) is 11.8 Å². The summed E-state index contributed by atoms with van der Waals surface area (Å²) in [4.78, 5) is 2.32. The predicted molar refractivity (Wildman–Crippen MR) is 85.5 cm³/mol. The quantitative estimate of drug-likeness (QED) is 0.881. The molecule has 2 aromatic rings. The fourth-order valence-electron chi connectivity index (χ4n) is 2.27. The Bertz CT molecular complexity index is 530. The van der Waals surface area contributed by atoms with E-state index in [4.69, 9.17) is 0 Å². The number of benzene rings is 2. The van der Waals surface area contributed by atoms with E-state index in [2.05, 4.69) is 50.1 Å². The first-order valence-corrected chi connectivity index (χ1v) is 7.13. The highest BCUT2D eigenvalue weighted by Crippen LogP contribution is 2.19. The van der Waals surface area contributed by atoms with Gasteiger partial charge in [-0.1, -0.05) is 29.8 Å². The lowest BCUT2D eigenvalue weighted by atomic mass is 10.0. The standard InChI is InChI=1S/C18H23NO/c1-14-4-10-17(11-5-14)19(3)15(2)6-7-16-8-12-18(20)13-9-16/h4-5,8-13,15,20H,6-7H2,1-3H3. The number of anilines is 1. The topological polar surface area (TPSA) is 23.5 Å². The number of hydrogen-bond acceptors (Lipinski definition) is 2. The van der Waals surface area contributed by atoms with Crippen molar-refractivity contribution in [1.82, 2.24) is 0 Å². The van der Waals surface area contributed by atoms with Crippen LogP contribution in [0, 0.1) is 6.92 Å². The third-order valence-corrected chi connectivity index (χ3v) is 3.89. The van der Waals surface area contributed by atoms with Crippen LogP contribution < -0.4 is 4.90 Å². The summed E-state index contributed by atoms with van der Waals surface area (Å²) in [6.07, 6.45) is 2.12. The van der Waals surface area contributed by atoms with E-state index in [1.54, 1.807) is 12.1 Å². The summed E-state index contributed by atoms with van der Waals surface area (Å²) in [7, 11) is 2.14. The Labute approximate surface area is 121 Å². The third kappa shape index (κ3) is 3.77. The lowest BCUT2D eigenvalue weighted by molar-refractivity contribution is 0.475. The van der Waals surface area contributed by atoms with Gasteiger partial charge in [0.1, 0.15) is 5.75 Å². The molecule has 0 saturated carbocycles. The predicted octanol–water partition coefficient (Wildman–Crippen LogP) is 4.16. The van der Waals surface area contributed by atoms with E-state index in [9.17, 15) is 5.11 Å². The number of hydrogen-bond donors (Lipinski definition) is 1. The second-order valence-corrected chi connectivity index (χ2v) is 5.50. The molecule has 2 heteroatoms. The average molecular weight is 269 g/mol. The molecule has 0 aromatic heterocycles. The maximum atomic E-state index is 9.29. The molecule has 2 nitrogen and oxygen atoms in total. The molecular weight excluding hydrogens is 246 g/mol. The van der Waals surface area contributed by atoms with Crippen LogP contribution in [-0.4, -0.2) is 18.2 Å². The average Bonchev–Trinajstić information content (AvgIpc) is 2.46. The van der Waals surface area contributed by atoms with Crippen molar-refractivity contribution in [3.63, 3.8) is 0 Å². The van der Waals surface area contributed by atoms with Crippen molar-refractivity contribution in [2.75, 3.05) is 11.9 Å². The van der Waals surface area contributed by atoms with Gasteiger partial charge in [-0.05, 0) is 56.5 Å². The molecule has 0 bridgehead atoms.